The maximum atomic E-state index is 13.7. The normalized spacial score (nSPS) is 18.5. The van der Waals surface area contributed by atoms with Crippen LogP contribution < -0.4 is 5.32 Å². The number of hydrogen-bond acceptors (Lipinski definition) is 3. The van der Waals surface area contributed by atoms with Crippen LogP contribution in [0.25, 0.3) is 0 Å². The molecule has 3 rings (SSSR count). The van der Waals surface area contributed by atoms with Gasteiger partial charge in [-0.25, -0.2) is 8.42 Å². The highest BCUT2D eigenvalue weighted by Gasteiger charge is 2.35. The van der Waals surface area contributed by atoms with E-state index < -0.39 is 10.0 Å². The van der Waals surface area contributed by atoms with Crippen LogP contribution in [0.15, 0.2) is 47.4 Å². The lowest BCUT2D eigenvalue weighted by Crippen LogP contribution is -2.35. The fraction of sp³-hybridized carbons (Fsp3) is 0.409. The van der Waals surface area contributed by atoms with E-state index in [4.69, 9.17) is 0 Å². The van der Waals surface area contributed by atoms with Crippen molar-refractivity contribution in [1.29, 1.82) is 0 Å². The monoisotopic (exact) mass is 400 g/mol. The van der Waals surface area contributed by atoms with Gasteiger partial charge in [0.25, 0.3) is 0 Å². The molecule has 1 heterocycles. The van der Waals surface area contributed by atoms with Crippen molar-refractivity contribution in [2.45, 2.75) is 57.4 Å². The summed E-state index contributed by atoms with van der Waals surface area (Å²) < 4.78 is 29.1. The molecule has 150 valence electrons. The van der Waals surface area contributed by atoms with Gasteiger partial charge in [-0.15, -0.1) is 0 Å². The van der Waals surface area contributed by atoms with Crippen molar-refractivity contribution in [3.8, 4) is 0 Å². The Balaban J connectivity index is 2.08. The van der Waals surface area contributed by atoms with Crippen LogP contribution in [0.1, 0.15) is 55.3 Å². The largest absolute Gasteiger partial charge is 0.325 e. The number of nitrogens with one attached hydrogen (secondary N) is 1. The molecule has 1 saturated heterocycles. The lowest BCUT2D eigenvalue weighted by molar-refractivity contribution is -0.114. The van der Waals surface area contributed by atoms with E-state index in [1.807, 2.05) is 44.2 Å². The van der Waals surface area contributed by atoms with Gasteiger partial charge in [-0.1, -0.05) is 48.7 Å². The zero-order valence-electron chi connectivity index (χ0n) is 16.7. The summed E-state index contributed by atoms with van der Waals surface area (Å²) >= 11 is 0. The number of aryl methyl sites for hydroxylation is 2. The second-order valence-electron chi connectivity index (χ2n) is 7.57. The maximum Gasteiger partial charge on any atom is 0.245 e. The van der Waals surface area contributed by atoms with Crippen molar-refractivity contribution in [2.24, 2.45) is 0 Å². The van der Waals surface area contributed by atoms with E-state index in [2.05, 4.69) is 5.32 Å². The molecule has 0 saturated carbocycles. The number of sulfonamides is 1. The molecule has 1 unspecified atom stereocenters. The third kappa shape index (κ3) is 4.45. The minimum Gasteiger partial charge on any atom is -0.325 e. The Morgan fingerprint density at radius 2 is 1.68 bits per heavy atom. The lowest BCUT2D eigenvalue weighted by Gasteiger charge is -2.30. The molecule has 0 aromatic heterocycles. The first-order valence-electron chi connectivity index (χ1n) is 9.75. The van der Waals surface area contributed by atoms with E-state index in [0.29, 0.717) is 12.2 Å². The van der Waals surface area contributed by atoms with Crippen molar-refractivity contribution in [3.63, 3.8) is 0 Å². The van der Waals surface area contributed by atoms with E-state index in [0.717, 1.165) is 42.4 Å². The summed E-state index contributed by atoms with van der Waals surface area (Å²) in [5.41, 5.74) is 3.35. The molecule has 2 aromatic rings. The number of nitrogens with zero attached hydrogens (tertiary/aromatic N) is 1. The first-order valence-corrected chi connectivity index (χ1v) is 11.2. The number of amides is 1. The van der Waals surface area contributed by atoms with Crippen LogP contribution in [0.4, 0.5) is 5.69 Å². The van der Waals surface area contributed by atoms with E-state index in [-0.39, 0.29) is 16.8 Å². The highest BCUT2D eigenvalue weighted by molar-refractivity contribution is 7.89. The molecule has 0 bridgehead atoms. The van der Waals surface area contributed by atoms with Gasteiger partial charge >= 0.3 is 0 Å². The highest BCUT2D eigenvalue weighted by atomic mass is 32.2. The second-order valence-corrected chi connectivity index (χ2v) is 9.43. The Hall–Kier alpha value is -2.18. The predicted molar refractivity (Wildman–Crippen MR) is 112 cm³/mol. The molecule has 0 spiro atoms. The Morgan fingerprint density at radius 1 is 1.00 bits per heavy atom. The Morgan fingerprint density at radius 3 is 2.36 bits per heavy atom. The van der Waals surface area contributed by atoms with Crippen LogP contribution in [0.2, 0.25) is 0 Å². The molecular weight excluding hydrogens is 372 g/mol. The quantitative estimate of drug-likeness (QED) is 0.818. The van der Waals surface area contributed by atoms with Crippen molar-refractivity contribution in [1.82, 2.24) is 4.31 Å². The number of carbonyl (C=O) groups is 1. The molecule has 0 radical (unpaired) electrons. The standard InChI is InChI=1S/C22H28N2O3S/c1-16-8-11-19(12-9-16)21-7-5-4-6-14-24(21)28(26,27)22-15-17(2)10-13-20(22)23-18(3)25/h8-13,15,21H,4-7,14H2,1-3H3,(H,23,25). The topological polar surface area (TPSA) is 66.5 Å². The smallest absolute Gasteiger partial charge is 0.245 e. The third-order valence-corrected chi connectivity index (χ3v) is 7.15. The number of rotatable bonds is 4. The number of anilines is 1. The molecule has 28 heavy (non-hydrogen) atoms. The molecule has 1 atom stereocenters. The minimum atomic E-state index is -3.77. The van der Waals surface area contributed by atoms with Gasteiger partial charge in [0.2, 0.25) is 15.9 Å². The van der Waals surface area contributed by atoms with Gasteiger partial charge in [0.05, 0.1) is 11.7 Å². The average Bonchev–Trinajstić information content (AvgIpc) is 2.90. The van der Waals surface area contributed by atoms with Crippen LogP contribution in [0.5, 0.6) is 0 Å². The molecule has 1 N–H and O–H groups in total. The van der Waals surface area contributed by atoms with Gasteiger partial charge in [-0.05, 0) is 49.9 Å². The van der Waals surface area contributed by atoms with Crippen LogP contribution in [0, 0.1) is 13.8 Å². The van der Waals surface area contributed by atoms with Gasteiger partial charge in [0.1, 0.15) is 4.90 Å². The van der Waals surface area contributed by atoms with Crippen LogP contribution >= 0.6 is 0 Å². The summed E-state index contributed by atoms with van der Waals surface area (Å²) in [4.78, 5) is 11.8. The summed E-state index contributed by atoms with van der Waals surface area (Å²) in [6.07, 6.45) is 3.64. The summed E-state index contributed by atoms with van der Waals surface area (Å²) in [6, 6.07) is 13.0. The lowest BCUT2D eigenvalue weighted by atomic mass is 10.0. The number of carbonyl (C=O) groups excluding carboxylic acids is 1. The summed E-state index contributed by atoms with van der Waals surface area (Å²) in [5, 5.41) is 2.68. The molecule has 6 heteroatoms. The van der Waals surface area contributed by atoms with Crippen LogP contribution in [-0.2, 0) is 14.8 Å². The van der Waals surface area contributed by atoms with Crippen molar-refractivity contribution >= 4 is 21.6 Å². The number of hydrogen-bond donors (Lipinski definition) is 1. The summed E-state index contributed by atoms with van der Waals surface area (Å²) in [5.74, 6) is -0.286. The van der Waals surface area contributed by atoms with Crippen molar-refractivity contribution in [3.05, 3.63) is 59.2 Å². The zero-order chi connectivity index (χ0) is 20.3. The van der Waals surface area contributed by atoms with Crippen LogP contribution in [0.3, 0.4) is 0 Å². The van der Waals surface area contributed by atoms with Crippen molar-refractivity contribution < 1.29 is 13.2 Å². The molecular formula is C22H28N2O3S. The molecule has 0 aliphatic carbocycles. The van der Waals surface area contributed by atoms with E-state index in [1.165, 1.54) is 6.92 Å². The minimum absolute atomic E-state index is 0.168. The zero-order valence-corrected chi connectivity index (χ0v) is 17.6. The summed E-state index contributed by atoms with van der Waals surface area (Å²) in [6.45, 7) is 5.75. The highest BCUT2D eigenvalue weighted by Crippen LogP contribution is 2.37. The molecule has 1 aliphatic heterocycles. The molecule has 2 aromatic carbocycles. The summed E-state index contributed by atoms with van der Waals surface area (Å²) in [7, 11) is -3.77. The molecule has 1 aliphatic rings. The average molecular weight is 401 g/mol. The molecule has 1 fully saturated rings. The maximum absolute atomic E-state index is 13.7. The van der Waals surface area contributed by atoms with Gasteiger partial charge in [-0.2, -0.15) is 4.31 Å². The third-order valence-electron chi connectivity index (χ3n) is 5.20. The van der Waals surface area contributed by atoms with Gasteiger partial charge in [0, 0.05) is 13.5 Å². The van der Waals surface area contributed by atoms with E-state index in [9.17, 15) is 13.2 Å². The number of benzene rings is 2. The van der Waals surface area contributed by atoms with Gasteiger partial charge in [0.15, 0.2) is 0 Å². The van der Waals surface area contributed by atoms with E-state index >= 15 is 0 Å². The SMILES string of the molecule is CC(=O)Nc1ccc(C)cc1S(=O)(=O)N1CCCCCC1c1ccc(C)cc1. The fourth-order valence-electron chi connectivity index (χ4n) is 3.75. The van der Waals surface area contributed by atoms with E-state index in [1.54, 1.807) is 16.4 Å². The Kier molecular flexibility index (Phi) is 6.20. The first kappa shape index (κ1) is 20.6. The Labute approximate surface area is 167 Å². The molecule has 5 nitrogen and oxygen atoms in total. The molecule has 1 amide bonds. The first-order chi connectivity index (χ1) is 13.3. The second kappa shape index (κ2) is 8.45. The van der Waals surface area contributed by atoms with Crippen molar-refractivity contribution in [2.75, 3.05) is 11.9 Å². The van der Waals surface area contributed by atoms with Gasteiger partial charge < -0.3 is 5.32 Å². The Bertz CT molecular complexity index is 952. The van der Waals surface area contributed by atoms with Crippen LogP contribution in [-0.4, -0.2) is 25.2 Å². The fourth-order valence-corrected chi connectivity index (χ4v) is 5.67. The predicted octanol–water partition coefficient (Wildman–Crippen LogP) is 4.57. The van der Waals surface area contributed by atoms with Gasteiger partial charge in [-0.3, -0.25) is 4.79 Å².